The highest BCUT2D eigenvalue weighted by molar-refractivity contribution is 7.91. The lowest BCUT2D eigenvalue weighted by molar-refractivity contribution is -0.126. The van der Waals surface area contributed by atoms with Gasteiger partial charge in [0.05, 0.1) is 17.4 Å². The maximum atomic E-state index is 13.1. The molecule has 4 rings (SSSR count). The number of rotatable bonds is 4. The van der Waals surface area contributed by atoms with E-state index in [9.17, 15) is 13.2 Å². The summed E-state index contributed by atoms with van der Waals surface area (Å²) < 4.78 is 31.3. The zero-order chi connectivity index (χ0) is 19.8. The first-order valence-corrected chi connectivity index (χ1v) is 10.7. The van der Waals surface area contributed by atoms with E-state index >= 15 is 0 Å². The van der Waals surface area contributed by atoms with Crippen molar-refractivity contribution in [1.82, 2.24) is 15.5 Å². The smallest absolute Gasteiger partial charge is 0.252 e. The Balaban J connectivity index is 1.73. The molecule has 2 aromatic rings. The Labute approximate surface area is 163 Å². The van der Waals surface area contributed by atoms with Gasteiger partial charge in [-0.1, -0.05) is 18.2 Å². The molecule has 2 aliphatic rings. The van der Waals surface area contributed by atoms with Crippen LogP contribution in [0.25, 0.3) is 0 Å². The second-order valence-electron chi connectivity index (χ2n) is 7.13. The first kappa shape index (κ1) is 18.8. The first-order chi connectivity index (χ1) is 13.5. The Morgan fingerprint density at radius 3 is 2.50 bits per heavy atom. The van der Waals surface area contributed by atoms with Gasteiger partial charge < -0.3 is 10.1 Å². The molecule has 3 heterocycles. The Hall–Kier alpha value is -2.52. The van der Waals surface area contributed by atoms with E-state index < -0.39 is 9.84 Å². The number of aromatic nitrogens is 2. The minimum absolute atomic E-state index is 0.00322. The number of piperidine rings is 1. The van der Waals surface area contributed by atoms with Crippen LogP contribution >= 0.6 is 0 Å². The van der Waals surface area contributed by atoms with Gasteiger partial charge in [-0.3, -0.25) is 9.69 Å². The third kappa shape index (κ3) is 3.04. The van der Waals surface area contributed by atoms with Gasteiger partial charge in [0.25, 0.3) is 5.88 Å². The molecule has 1 amide bonds. The summed E-state index contributed by atoms with van der Waals surface area (Å²) in [4.78, 5) is 14.7. The molecule has 9 heteroatoms. The normalized spacial score (nSPS) is 19.2. The van der Waals surface area contributed by atoms with Gasteiger partial charge >= 0.3 is 0 Å². The monoisotopic (exact) mass is 402 g/mol. The number of carbonyl (C=O) groups is 1. The van der Waals surface area contributed by atoms with Crippen LogP contribution in [-0.4, -0.2) is 51.3 Å². The average Bonchev–Trinajstić information content (AvgIpc) is 3.04. The molecule has 28 heavy (non-hydrogen) atoms. The number of ether oxygens (including phenoxy) is 1. The topological polar surface area (TPSA) is 101 Å². The first-order valence-electron chi connectivity index (χ1n) is 9.22. The zero-order valence-electron chi connectivity index (χ0n) is 15.6. The van der Waals surface area contributed by atoms with Gasteiger partial charge in [0.2, 0.25) is 15.7 Å². The van der Waals surface area contributed by atoms with Crippen molar-refractivity contribution in [2.24, 2.45) is 5.41 Å². The number of nitrogens with one attached hydrogen (secondary N) is 1. The highest BCUT2D eigenvalue weighted by Crippen LogP contribution is 2.42. The van der Waals surface area contributed by atoms with Gasteiger partial charge in [0.1, 0.15) is 4.90 Å². The van der Waals surface area contributed by atoms with Crippen molar-refractivity contribution in [3.05, 3.63) is 36.4 Å². The molecule has 2 fully saturated rings. The Morgan fingerprint density at radius 2 is 1.82 bits per heavy atom. The van der Waals surface area contributed by atoms with Gasteiger partial charge in [-0.2, -0.15) is 0 Å². The fraction of sp³-hybridized carbons (Fsp3) is 0.421. The summed E-state index contributed by atoms with van der Waals surface area (Å²) >= 11 is 0. The van der Waals surface area contributed by atoms with Crippen molar-refractivity contribution in [3.63, 3.8) is 0 Å². The maximum Gasteiger partial charge on any atom is 0.252 e. The van der Waals surface area contributed by atoms with Crippen molar-refractivity contribution in [2.75, 3.05) is 31.6 Å². The predicted molar refractivity (Wildman–Crippen MR) is 102 cm³/mol. The second kappa shape index (κ2) is 7.14. The molecule has 8 nitrogen and oxygen atoms in total. The third-order valence-corrected chi connectivity index (χ3v) is 7.36. The maximum absolute atomic E-state index is 13.1. The van der Waals surface area contributed by atoms with E-state index in [2.05, 4.69) is 15.5 Å². The SMILES string of the molecule is COc1nnc(N2CCC3(CCNCC3)C2=O)cc1S(=O)(=O)c1ccccc1. The van der Waals surface area contributed by atoms with Crippen molar-refractivity contribution < 1.29 is 17.9 Å². The summed E-state index contributed by atoms with van der Waals surface area (Å²) in [5.41, 5.74) is -0.384. The lowest BCUT2D eigenvalue weighted by atomic mass is 9.78. The fourth-order valence-electron chi connectivity index (χ4n) is 3.95. The molecule has 148 valence electrons. The summed E-state index contributed by atoms with van der Waals surface area (Å²) in [5.74, 6) is 0.156. The number of benzene rings is 1. The van der Waals surface area contributed by atoms with E-state index in [4.69, 9.17) is 4.74 Å². The van der Waals surface area contributed by atoms with Crippen LogP contribution in [0.3, 0.4) is 0 Å². The molecule has 1 spiro atoms. The standard InChI is InChI=1S/C19H22N4O4S/c1-27-17-15(28(25,26)14-5-3-2-4-6-14)13-16(21-22-17)23-12-9-19(18(23)24)7-10-20-11-8-19/h2-6,13,20H,7-12H2,1H3. The van der Waals surface area contributed by atoms with E-state index in [0.717, 1.165) is 32.4 Å². The van der Waals surface area contributed by atoms with Crippen molar-refractivity contribution in [3.8, 4) is 5.88 Å². The van der Waals surface area contributed by atoms with Gasteiger partial charge in [-0.15, -0.1) is 10.2 Å². The highest BCUT2D eigenvalue weighted by Gasteiger charge is 2.48. The lowest BCUT2D eigenvalue weighted by Crippen LogP contribution is -2.43. The molecule has 0 unspecified atom stereocenters. The quantitative estimate of drug-likeness (QED) is 0.825. The summed E-state index contributed by atoms with van der Waals surface area (Å²) in [6, 6.07) is 9.47. The van der Waals surface area contributed by atoms with Crippen LogP contribution < -0.4 is 15.0 Å². The summed E-state index contributed by atoms with van der Waals surface area (Å²) in [5, 5.41) is 11.3. The number of methoxy groups -OCH3 is 1. The number of nitrogens with zero attached hydrogens (tertiary/aromatic N) is 3. The van der Waals surface area contributed by atoms with E-state index in [-0.39, 0.29) is 32.8 Å². The number of anilines is 1. The van der Waals surface area contributed by atoms with Crippen LogP contribution in [0.15, 0.2) is 46.2 Å². The minimum atomic E-state index is -3.86. The molecular weight excluding hydrogens is 380 g/mol. The molecule has 0 bridgehead atoms. The number of carbonyl (C=O) groups excluding carboxylic acids is 1. The fourth-order valence-corrected chi connectivity index (χ4v) is 5.34. The van der Waals surface area contributed by atoms with Gasteiger partial charge in [-0.25, -0.2) is 8.42 Å². The predicted octanol–water partition coefficient (Wildman–Crippen LogP) is 1.42. The molecule has 2 saturated heterocycles. The van der Waals surface area contributed by atoms with E-state index in [0.29, 0.717) is 6.54 Å². The molecule has 0 radical (unpaired) electrons. The molecular formula is C19H22N4O4S. The average molecular weight is 402 g/mol. The van der Waals surface area contributed by atoms with Gasteiger partial charge in [-0.05, 0) is 44.5 Å². The molecule has 0 saturated carbocycles. The lowest BCUT2D eigenvalue weighted by Gasteiger charge is -2.31. The van der Waals surface area contributed by atoms with Crippen LogP contribution in [0.4, 0.5) is 5.82 Å². The molecule has 1 aromatic carbocycles. The number of amides is 1. The van der Waals surface area contributed by atoms with Crippen molar-refractivity contribution in [2.45, 2.75) is 29.1 Å². The third-order valence-electron chi connectivity index (χ3n) is 5.60. The largest absolute Gasteiger partial charge is 0.479 e. The molecule has 2 aliphatic heterocycles. The zero-order valence-corrected chi connectivity index (χ0v) is 16.4. The molecule has 0 atom stereocenters. The Bertz CT molecular complexity index is 988. The van der Waals surface area contributed by atoms with Crippen LogP contribution in [-0.2, 0) is 14.6 Å². The summed E-state index contributed by atoms with van der Waals surface area (Å²) in [6.07, 6.45) is 2.30. The van der Waals surface area contributed by atoms with Crippen molar-refractivity contribution in [1.29, 1.82) is 0 Å². The minimum Gasteiger partial charge on any atom is -0.479 e. The second-order valence-corrected chi connectivity index (χ2v) is 9.05. The molecule has 1 N–H and O–H groups in total. The molecule has 1 aromatic heterocycles. The van der Waals surface area contributed by atoms with Crippen molar-refractivity contribution >= 4 is 21.6 Å². The number of sulfone groups is 1. The van der Waals surface area contributed by atoms with E-state index in [1.165, 1.54) is 25.3 Å². The van der Waals surface area contributed by atoms with Gasteiger partial charge in [0, 0.05) is 12.6 Å². The summed E-state index contributed by atoms with van der Waals surface area (Å²) in [7, 11) is -2.51. The van der Waals surface area contributed by atoms with Crippen LogP contribution in [0.1, 0.15) is 19.3 Å². The van der Waals surface area contributed by atoms with Crippen LogP contribution in [0.5, 0.6) is 5.88 Å². The van der Waals surface area contributed by atoms with E-state index in [1.54, 1.807) is 23.1 Å². The van der Waals surface area contributed by atoms with Crippen LogP contribution in [0, 0.1) is 5.41 Å². The Kier molecular flexibility index (Phi) is 4.80. The molecule has 0 aliphatic carbocycles. The highest BCUT2D eigenvalue weighted by atomic mass is 32.2. The van der Waals surface area contributed by atoms with Crippen LogP contribution in [0.2, 0.25) is 0 Å². The Morgan fingerprint density at radius 1 is 1.11 bits per heavy atom. The van der Waals surface area contributed by atoms with E-state index in [1.807, 2.05) is 0 Å². The van der Waals surface area contributed by atoms with Gasteiger partial charge in [0.15, 0.2) is 5.82 Å². The summed E-state index contributed by atoms with van der Waals surface area (Å²) in [6.45, 7) is 2.12. The number of hydrogen-bond donors (Lipinski definition) is 1. The number of hydrogen-bond acceptors (Lipinski definition) is 7.